The van der Waals surface area contributed by atoms with E-state index in [4.69, 9.17) is 10.5 Å². The molecule has 18 heavy (non-hydrogen) atoms. The minimum Gasteiger partial charge on any atom is -0.461 e. The molecule has 0 saturated carbocycles. The Kier molecular flexibility index (Phi) is 4.38. The van der Waals surface area contributed by atoms with E-state index < -0.39 is 5.97 Å². The average Bonchev–Trinajstić information content (AvgIpc) is 2.65. The minimum absolute atomic E-state index is 0.119. The van der Waals surface area contributed by atoms with E-state index in [0.29, 0.717) is 12.4 Å². The number of hydrogen-bond acceptors (Lipinski definition) is 4. The molecule has 5 nitrogen and oxygen atoms in total. The molecule has 102 valence electrons. The third-order valence-electron chi connectivity index (χ3n) is 3.61. The Labute approximate surface area is 108 Å². The molecular formula is C13H23N3O2. The van der Waals surface area contributed by atoms with Crippen molar-refractivity contribution in [2.45, 2.75) is 53.0 Å². The molecule has 1 aromatic heterocycles. The van der Waals surface area contributed by atoms with Crippen molar-refractivity contribution >= 4 is 11.8 Å². The number of anilines is 1. The monoisotopic (exact) mass is 253 g/mol. The number of rotatable bonds is 5. The molecule has 0 fully saturated rings. The summed E-state index contributed by atoms with van der Waals surface area (Å²) >= 11 is 0. The fourth-order valence-electron chi connectivity index (χ4n) is 2.15. The quantitative estimate of drug-likeness (QED) is 0.818. The number of ether oxygens (including phenoxy) is 1. The summed E-state index contributed by atoms with van der Waals surface area (Å²) in [6.45, 7) is 10.3. The van der Waals surface area contributed by atoms with E-state index in [9.17, 15) is 4.79 Å². The normalized spacial score (nSPS) is 11.6. The van der Waals surface area contributed by atoms with Gasteiger partial charge in [-0.25, -0.2) is 9.78 Å². The molecule has 0 aliphatic carbocycles. The van der Waals surface area contributed by atoms with Crippen LogP contribution in [0.4, 0.5) is 5.82 Å². The third-order valence-corrected chi connectivity index (χ3v) is 3.61. The van der Waals surface area contributed by atoms with Gasteiger partial charge in [0.15, 0.2) is 5.69 Å². The first kappa shape index (κ1) is 14.5. The van der Waals surface area contributed by atoms with Crippen molar-refractivity contribution in [3.63, 3.8) is 0 Å². The average molecular weight is 253 g/mol. The van der Waals surface area contributed by atoms with Gasteiger partial charge in [-0.05, 0) is 33.6 Å². The zero-order valence-electron chi connectivity index (χ0n) is 11.9. The maximum atomic E-state index is 11.8. The molecule has 5 heteroatoms. The number of nitrogens with zero attached hydrogens (tertiary/aromatic N) is 2. The maximum absolute atomic E-state index is 11.8. The zero-order valence-corrected chi connectivity index (χ0v) is 11.9. The first-order valence-electron chi connectivity index (χ1n) is 6.43. The number of nitrogen functional groups attached to an aromatic ring is 1. The largest absolute Gasteiger partial charge is 0.461 e. The molecule has 0 aliphatic rings. The summed E-state index contributed by atoms with van der Waals surface area (Å²) < 4.78 is 6.91. The minimum atomic E-state index is -0.452. The Bertz CT molecular complexity index is 434. The van der Waals surface area contributed by atoms with E-state index in [2.05, 4.69) is 25.8 Å². The smallest absolute Gasteiger partial charge is 0.360 e. The summed E-state index contributed by atoms with van der Waals surface area (Å²) in [4.78, 5) is 16.0. The molecule has 0 bridgehead atoms. The van der Waals surface area contributed by atoms with Gasteiger partial charge < -0.3 is 15.0 Å². The van der Waals surface area contributed by atoms with Crippen molar-refractivity contribution in [2.24, 2.45) is 0 Å². The lowest BCUT2D eigenvalue weighted by atomic mass is 9.95. The van der Waals surface area contributed by atoms with Gasteiger partial charge in [-0.2, -0.15) is 0 Å². The summed E-state index contributed by atoms with van der Waals surface area (Å²) in [7, 11) is 0. The number of hydrogen-bond donors (Lipinski definition) is 1. The number of carbonyl (C=O) groups excluding carboxylic acids is 1. The Morgan fingerprint density at radius 2 is 1.94 bits per heavy atom. The van der Waals surface area contributed by atoms with Gasteiger partial charge in [-0.15, -0.1) is 0 Å². The SMILES string of the molecule is CCOC(=O)c1nc(C)n(C(C)(CC)CC)c1N. The van der Waals surface area contributed by atoms with Crippen LogP contribution in [-0.4, -0.2) is 22.1 Å². The van der Waals surface area contributed by atoms with E-state index >= 15 is 0 Å². The molecule has 1 heterocycles. The van der Waals surface area contributed by atoms with Crippen molar-refractivity contribution in [1.82, 2.24) is 9.55 Å². The second kappa shape index (κ2) is 5.42. The highest BCUT2D eigenvalue weighted by Crippen LogP contribution is 2.31. The van der Waals surface area contributed by atoms with E-state index in [1.165, 1.54) is 0 Å². The Morgan fingerprint density at radius 3 is 2.39 bits per heavy atom. The van der Waals surface area contributed by atoms with Crippen molar-refractivity contribution in [1.29, 1.82) is 0 Å². The van der Waals surface area contributed by atoms with Crippen LogP contribution in [0.2, 0.25) is 0 Å². The number of imidazole rings is 1. The van der Waals surface area contributed by atoms with Crippen molar-refractivity contribution in [3.8, 4) is 0 Å². The van der Waals surface area contributed by atoms with Gasteiger partial charge in [0.2, 0.25) is 0 Å². The van der Waals surface area contributed by atoms with Crippen LogP contribution in [0.25, 0.3) is 0 Å². The Morgan fingerprint density at radius 1 is 1.39 bits per heavy atom. The molecule has 0 radical (unpaired) electrons. The van der Waals surface area contributed by atoms with Crippen LogP contribution in [0.1, 0.15) is 56.8 Å². The van der Waals surface area contributed by atoms with Gasteiger partial charge >= 0.3 is 5.97 Å². The molecular weight excluding hydrogens is 230 g/mol. The summed E-state index contributed by atoms with van der Waals surface area (Å²) in [5.41, 5.74) is 6.18. The van der Waals surface area contributed by atoms with Crippen LogP contribution < -0.4 is 5.73 Å². The maximum Gasteiger partial charge on any atom is 0.360 e. The van der Waals surface area contributed by atoms with Crippen LogP contribution in [-0.2, 0) is 10.3 Å². The molecule has 0 saturated heterocycles. The van der Waals surface area contributed by atoms with Gasteiger partial charge in [0, 0.05) is 5.54 Å². The van der Waals surface area contributed by atoms with Gasteiger partial charge in [-0.1, -0.05) is 13.8 Å². The third kappa shape index (κ3) is 2.35. The molecule has 0 amide bonds. The lowest BCUT2D eigenvalue weighted by molar-refractivity contribution is 0.0521. The molecule has 1 aromatic rings. The number of carbonyl (C=O) groups is 1. The van der Waals surface area contributed by atoms with Crippen LogP contribution >= 0.6 is 0 Å². The number of aromatic nitrogens is 2. The van der Waals surface area contributed by atoms with E-state index in [-0.39, 0.29) is 11.2 Å². The van der Waals surface area contributed by atoms with Crippen LogP contribution in [0.15, 0.2) is 0 Å². The molecule has 1 rings (SSSR count). The Hall–Kier alpha value is -1.52. The van der Waals surface area contributed by atoms with Crippen LogP contribution in [0.5, 0.6) is 0 Å². The summed E-state index contributed by atoms with van der Waals surface area (Å²) in [5, 5.41) is 0. The van der Waals surface area contributed by atoms with Gasteiger partial charge in [0.1, 0.15) is 11.6 Å². The first-order valence-corrected chi connectivity index (χ1v) is 6.43. The van der Waals surface area contributed by atoms with Gasteiger partial charge in [0.05, 0.1) is 6.61 Å². The fourth-order valence-corrected chi connectivity index (χ4v) is 2.15. The van der Waals surface area contributed by atoms with Gasteiger partial charge in [-0.3, -0.25) is 0 Å². The van der Waals surface area contributed by atoms with Crippen molar-refractivity contribution in [2.75, 3.05) is 12.3 Å². The zero-order chi connectivity index (χ0) is 13.9. The predicted octanol–water partition coefficient (Wildman–Crippen LogP) is 2.49. The molecule has 0 unspecified atom stereocenters. The molecule has 0 aliphatic heterocycles. The lowest BCUT2D eigenvalue weighted by Gasteiger charge is -2.31. The summed E-state index contributed by atoms with van der Waals surface area (Å²) in [6, 6.07) is 0. The Balaban J connectivity index is 3.28. The number of nitrogens with two attached hydrogens (primary N) is 1. The predicted molar refractivity (Wildman–Crippen MR) is 71.6 cm³/mol. The van der Waals surface area contributed by atoms with Crippen molar-refractivity contribution in [3.05, 3.63) is 11.5 Å². The fraction of sp³-hybridized carbons (Fsp3) is 0.692. The molecule has 0 atom stereocenters. The van der Waals surface area contributed by atoms with Crippen molar-refractivity contribution < 1.29 is 9.53 Å². The van der Waals surface area contributed by atoms with Crippen LogP contribution in [0.3, 0.4) is 0 Å². The highest BCUT2D eigenvalue weighted by atomic mass is 16.5. The summed E-state index contributed by atoms with van der Waals surface area (Å²) in [5.74, 6) is 0.699. The molecule has 0 aromatic carbocycles. The molecule has 2 N–H and O–H groups in total. The first-order chi connectivity index (χ1) is 8.41. The topological polar surface area (TPSA) is 70.1 Å². The van der Waals surface area contributed by atoms with E-state index in [1.54, 1.807) is 6.92 Å². The number of aryl methyl sites for hydroxylation is 1. The van der Waals surface area contributed by atoms with E-state index in [1.807, 2.05) is 11.5 Å². The highest BCUT2D eigenvalue weighted by molar-refractivity contribution is 5.92. The second-order valence-corrected chi connectivity index (χ2v) is 4.65. The lowest BCUT2D eigenvalue weighted by Crippen LogP contribution is -2.30. The molecule has 0 spiro atoms. The summed E-state index contributed by atoms with van der Waals surface area (Å²) in [6.07, 6.45) is 1.85. The number of esters is 1. The van der Waals surface area contributed by atoms with Gasteiger partial charge in [0.25, 0.3) is 0 Å². The highest BCUT2D eigenvalue weighted by Gasteiger charge is 2.30. The van der Waals surface area contributed by atoms with E-state index in [0.717, 1.165) is 18.7 Å². The second-order valence-electron chi connectivity index (χ2n) is 4.65. The standard InChI is InChI=1S/C13H23N3O2/c1-6-13(5,7-2)16-9(4)15-10(11(16)14)12(17)18-8-3/h6-8,14H2,1-5H3. The van der Waals surface area contributed by atoms with Crippen LogP contribution in [0, 0.1) is 6.92 Å².